The molecule has 5 nitrogen and oxygen atoms in total. The highest BCUT2D eigenvalue weighted by Gasteiger charge is 2.21. The van der Waals surface area contributed by atoms with Crippen molar-refractivity contribution in [3.05, 3.63) is 53.9 Å². The molecule has 1 aliphatic rings. The summed E-state index contributed by atoms with van der Waals surface area (Å²) in [5.74, 6) is -0.0933. The smallest absolute Gasteiger partial charge is 0.270 e. The summed E-state index contributed by atoms with van der Waals surface area (Å²) >= 11 is 0. The Hall–Kier alpha value is -2.24. The zero-order chi connectivity index (χ0) is 19.2. The van der Waals surface area contributed by atoms with Crippen LogP contribution in [0.25, 0.3) is 11.1 Å². The maximum atomic E-state index is 12.8. The predicted octanol–water partition coefficient (Wildman–Crippen LogP) is 3.02. The fourth-order valence-corrected chi connectivity index (χ4v) is 3.80. The van der Waals surface area contributed by atoms with E-state index < -0.39 is 0 Å². The van der Waals surface area contributed by atoms with E-state index in [-0.39, 0.29) is 5.91 Å². The summed E-state index contributed by atoms with van der Waals surface area (Å²) in [6.07, 6.45) is 5.15. The minimum atomic E-state index is -0.0933. The number of amides is 1. The van der Waals surface area contributed by atoms with Gasteiger partial charge in [0.05, 0.1) is 0 Å². The molecule has 1 aromatic carbocycles. The third-order valence-corrected chi connectivity index (χ3v) is 5.19. The Balaban J connectivity index is 1.70. The lowest BCUT2D eigenvalue weighted by Gasteiger charge is -2.19. The molecule has 0 spiro atoms. The van der Waals surface area contributed by atoms with Crippen molar-refractivity contribution in [2.24, 2.45) is 0 Å². The number of carbonyl (C=O) groups excluding carboxylic acids is 1. The summed E-state index contributed by atoms with van der Waals surface area (Å²) in [7, 11) is 6.27. The van der Waals surface area contributed by atoms with Gasteiger partial charge in [0.2, 0.25) is 0 Å². The third kappa shape index (κ3) is 5.15. The first-order valence-corrected chi connectivity index (χ1v) is 9.72. The van der Waals surface area contributed by atoms with E-state index in [1.54, 1.807) is 6.20 Å². The molecule has 1 unspecified atom stereocenters. The van der Waals surface area contributed by atoms with Crippen molar-refractivity contribution in [2.75, 3.05) is 34.2 Å². The van der Waals surface area contributed by atoms with Gasteiger partial charge in [0.1, 0.15) is 5.69 Å². The first-order chi connectivity index (χ1) is 13.0. The van der Waals surface area contributed by atoms with E-state index in [1.807, 2.05) is 24.3 Å². The molecular formula is C22H30N4O. The van der Waals surface area contributed by atoms with Crippen molar-refractivity contribution in [3.8, 4) is 11.1 Å². The molecule has 5 heteroatoms. The van der Waals surface area contributed by atoms with Crippen LogP contribution in [-0.2, 0) is 6.54 Å². The molecule has 1 aromatic heterocycles. The van der Waals surface area contributed by atoms with Crippen molar-refractivity contribution in [2.45, 2.75) is 31.8 Å². The van der Waals surface area contributed by atoms with E-state index in [9.17, 15) is 4.79 Å². The first-order valence-electron chi connectivity index (χ1n) is 9.72. The van der Waals surface area contributed by atoms with Crippen LogP contribution in [0.5, 0.6) is 0 Å². The molecule has 2 heterocycles. The number of rotatable bonds is 7. The predicted molar refractivity (Wildman–Crippen MR) is 110 cm³/mol. The summed E-state index contributed by atoms with van der Waals surface area (Å²) in [6, 6.07) is 12.8. The van der Waals surface area contributed by atoms with Crippen LogP contribution in [0.2, 0.25) is 0 Å². The zero-order valence-corrected chi connectivity index (χ0v) is 16.6. The van der Waals surface area contributed by atoms with Gasteiger partial charge in [-0.1, -0.05) is 24.3 Å². The van der Waals surface area contributed by atoms with Gasteiger partial charge in [-0.25, -0.2) is 0 Å². The highest BCUT2D eigenvalue weighted by atomic mass is 16.1. The van der Waals surface area contributed by atoms with Gasteiger partial charge in [0.15, 0.2) is 0 Å². The molecule has 0 radical (unpaired) electrons. The molecule has 1 amide bonds. The summed E-state index contributed by atoms with van der Waals surface area (Å²) in [4.78, 5) is 21.7. The van der Waals surface area contributed by atoms with Crippen LogP contribution < -0.4 is 5.32 Å². The summed E-state index contributed by atoms with van der Waals surface area (Å²) < 4.78 is 0. The van der Waals surface area contributed by atoms with Crippen LogP contribution in [0, 0.1) is 0 Å². The average molecular weight is 367 g/mol. The van der Waals surface area contributed by atoms with E-state index in [1.165, 1.54) is 18.4 Å². The van der Waals surface area contributed by atoms with E-state index in [4.69, 9.17) is 0 Å². The lowest BCUT2D eigenvalue weighted by molar-refractivity contribution is 0.0946. The van der Waals surface area contributed by atoms with Gasteiger partial charge in [-0.05, 0) is 70.2 Å². The Kier molecular flexibility index (Phi) is 6.58. The lowest BCUT2D eigenvalue weighted by atomic mass is 10.0. The Morgan fingerprint density at radius 1 is 1.30 bits per heavy atom. The molecule has 3 rings (SSSR count). The molecule has 27 heavy (non-hydrogen) atoms. The fraction of sp³-hybridized carbons (Fsp3) is 0.455. The average Bonchev–Trinajstić information content (AvgIpc) is 3.06. The lowest BCUT2D eigenvalue weighted by Crippen LogP contribution is -2.32. The normalized spacial score (nSPS) is 17.4. The van der Waals surface area contributed by atoms with Crippen LogP contribution in [0.15, 0.2) is 42.6 Å². The maximum Gasteiger partial charge on any atom is 0.270 e. The van der Waals surface area contributed by atoms with Crippen LogP contribution in [0.3, 0.4) is 0 Å². The van der Waals surface area contributed by atoms with Gasteiger partial charge in [-0.3, -0.25) is 9.78 Å². The standard InChI is InChI=1S/C22H30N4O/c1-25(2)16-17-7-4-8-18(15-17)20-10-5-12-23-21(20)22(27)24-13-11-19-9-6-14-26(19)3/h4-5,7-8,10,12,15,19H,6,9,11,13-14,16H2,1-3H3,(H,24,27). The molecule has 2 aromatic rings. The van der Waals surface area contributed by atoms with Crippen molar-refractivity contribution in [1.82, 2.24) is 20.1 Å². The Bertz CT molecular complexity index is 774. The molecular weight excluding hydrogens is 336 g/mol. The Morgan fingerprint density at radius 2 is 2.15 bits per heavy atom. The Morgan fingerprint density at radius 3 is 2.89 bits per heavy atom. The highest BCUT2D eigenvalue weighted by Crippen LogP contribution is 2.24. The molecule has 1 aliphatic heterocycles. The number of pyridine rings is 1. The van der Waals surface area contributed by atoms with Crippen LogP contribution in [0.4, 0.5) is 0 Å². The number of nitrogens with one attached hydrogen (secondary N) is 1. The second kappa shape index (κ2) is 9.11. The number of aromatic nitrogens is 1. The second-order valence-electron chi connectivity index (χ2n) is 7.66. The summed E-state index contributed by atoms with van der Waals surface area (Å²) in [5.41, 5.74) is 3.63. The number of benzene rings is 1. The molecule has 1 atom stereocenters. The van der Waals surface area contributed by atoms with Crippen LogP contribution in [0.1, 0.15) is 35.3 Å². The van der Waals surface area contributed by atoms with E-state index in [0.29, 0.717) is 18.3 Å². The van der Waals surface area contributed by atoms with Crippen LogP contribution in [-0.4, -0.2) is 61.0 Å². The highest BCUT2D eigenvalue weighted by molar-refractivity contribution is 5.98. The number of hydrogen-bond acceptors (Lipinski definition) is 4. The largest absolute Gasteiger partial charge is 0.351 e. The number of likely N-dealkylation sites (tertiary alicyclic amines) is 1. The van der Waals surface area contributed by atoms with Crippen molar-refractivity contribution in [1.29, 1.82) is 0 Å². The Labute approximate surface area is 162 Å². The molecule has 1 saturated heterocycles. The fourth-order valence-electron chi connectivity index (χ4n) is 3.80. The summed E-state index contributed by atoms with van der Waals surface area (Å²) in [5, 5.41) is 3.07. The van der Waals surface area contributed by atoms with Gasteiger partial charge >= 0.3 is 0 Å². The van der Waals surface area contributed by atoms with E-state index in [0.717, 1.165) is 30.6 Å². The van der Waals surface area contributed by atoms with Crippen molar-refractivity contribution >= 4 is 5.91 Å². The molecule has 1 fully saturated rings. The number of carbonyl (C=O) groups is 1. The first kappa shape index (κ1) is 19.5. The minimum Gasteiger partial charge on any atom is -0.351 e. The molecule has 144 valence electrons. The zero-order valence-electron chi connectivity index (χ0n) is 16.6. The molecule has 0 saturated carbocycles. The third-order valence-electron chi connectivity index (χ3n) is 5.19. The quantitative estimate of drug-likeness (QED) is 0.818. The minimum absolute atomic E-state index is 0.0933. The topological polar surface area (TPSA) is 48.5 Å². The van der Waals surface area contributed by atoms with Gasteiger partial charge in [0.25, 0.3) is 5.91 Å². The van der Waals surface area contributed by atoms with Crippen molar-refractivity contribution in [3.63, 3.8) is 0 Å². The van der Waals surface area contributed by atoms with E-state index in [2.05, 4.69) is 53.4 Å². The van der Waals surface area contributed by atoms with Gasteiger partial charge in [-0.15, -0.1) is 0 Å². The molecule has 0 bridgehead atoms. The molecule has 1 N–H and O–H groups in total. The number of hydrogen-bond donors (Lipinski definition) is 1. The monoisotopic (exact) mass is 366 g/mol. The molecule has 0 aliphatic carbocycles. The van der Waals surface area contributed by atoms with Gasteiger partial charge in [-0.2, -0.15) is 0 Å². The second-order valence-corrected chi connectivity index (χ2v) is 7.66. The van der Waals surface area contributed by atoms with Gasteiger partial charge < -0.3 is 15.1 Å². The maximum absolute atomic E-state index is 12.8. The summed E-state index contributed by atoms with van der Waals surface area (Å²) in [6.45, 7) is 2.71. The SMILES string of the molecule is CN(C)Cc1cccc(-c2cccnc2C(=O)NCCC2CCCN2C)c1. The van der Waals surface area contributed by atoms with Crippen LogP contribution >= 0.6 is 0 Å². The number of nitrogens with zero attached hydrogens (tertiary/aromatic N) is 3. The van der Waals surface area contributed by atoms with E-state index >= 15 is 0 Å². The van der Waals surface area contributed by atoms with Crippen molar-refractivity contribution < 1.29 is 4.79 Å². The van der Waals surface area contributed by atoms with Gasteiger partial charge in [0, 0.05) is 30.9 Å².